The minimum atomic E-state index is -0.596. The second-order valence-electron chi connectivity index (χ2n) is 7.54. The molecule has 2 amide bonds. The summed E-state index contributed by atoms with van der Waals surface area (Å²) in [6.07, 6.45) is 1.54. The molecule has 0 aromatic heterocycles. The van der Waals surface area contributed by atoms with Gasteiger partial charge >= 0.3 is 0 Å². The molecular formula is C24H30Cl2N2O2. The first-order chi connectivity index (χ1) is 14.3. The van der Waals surface area contributed by atoms with Crippen molar-refractivity contribution in [2.45, 2.75) is 59.5 Å². The van der Waals surface area contributed by atoms with E-state index in [-0.39, 0.29) is 24.8 Å². The van der Waals surface area contributed by atoms with Crippen LogP contribution in [0.3, 0.4) is 0 Å². The molecule has 2 aromatic rings. The zero-order valence-electron chi connectivity index (χ0n) is 18.1. The minimum absolute atomic E-state index is 0.127. The summed E-state index contributed by atoms with van der Waals surface area (Å²) in [4.78, 5) is 27.9. The maximum absolute atomic E-state index is 13.4. The van der Waals surface area contributed by atoms with Crippen molar-refractivity contribution >= 4 is 35.0 Å². The van der Waals surface area contributed by atoms with Crippen LogP contribution in [0.15, 0.2) is 36.4 Å². The Bertz CT molecular complexity index is 879. The third kappa shape index (κ3) is 6.23. The summed E-state index contributed by atoms with van der Waals surface area (Å²) in [7, 11) is 0. The molecule has 2 rings (SSSR count). The number of nitrogens with one attached hydrogen (secondary N) is 1. The largest absolute Gasteiger partial charge is 0.354 e. The maximum Gasteiger partial charge on any atom is 0.242 e. The lowest BCUT2D eigenvalue weighted by Gasteiger charge is -2.31. The van der Waals surface area contributed by atoms with Gasteiger partial charge in [0.1, 0.15) is 6.04 Å². The molecule has 2 aromatic carbocycles. The van der Waals surface area contributed by atoms with Crippen LogP contribution in [0.5, 0.6) is 0 Å². The van der Waals surface area contributed by atoms with E-state index in [0.29, 0.717) is 28.6 Å². The monoisotopic (exact) mass is 448 g/mol. The second-order valence-corrected chi connectivity index (χ2v) is 8.36. The van der Waals surface area contributed by atoms with Crippen LogP contribution in [0.1, 0.15) is 48.9 Å². The van der Waals surface area contributed by atoms with E-state index in [4.69, 9.17) is 23.2 Å². The molecule has 0 radical (unpaired) electrons. The van der Waals surface area contributed by atoms with Crippen LogP contribution in [0.25, 0.3) is 0 Å². The Kier molecular flexibility index (Phi) is 9.19. The van der Waals surface area contributed by atoms with Crippen LogP contribution >= 0.6 is 23.2 Å². The summed E-state index contributed by atoms with van der Waals surface area (Å²) in [6, 6.07) is 10.7. The molecule has 6 heteroatoms. The highest BCUT2D eigenvalue weighted by Gasteiger charge is 2.29. The first-order valence-electron chi connectivity index (χ1n) is 10.3. The van der Waals surface area contributed by atoms with Crippen molar-refractivity contribution in [1.29, 1.82) is 0 Å². The molecule has 0 aliphatic heterocycles. The highest BCUT2D eigenvalue weighted by Crippen LogP contribution is 2.27. The van der Waals surface area contributed by atoms with E-state index in [0.717, 1.165) is 23.1 Å². The number of carbonyl (C=O) groups is 2. The summed E-state index contributed by atoms with van der Waals surface area (Å²) < 4.78 is 0. The smallest absolute Gasteiger partial charge is 0.242 e. The van der Waals surface area contributed by atoms with Gasteiger partial charge < -0.3 is 10.2 Å². The maximum atomic E-state index is 13.4. The summed E-state index contributed by atoms with van der Waals surface area (Å²) in [6.45, 7) is 8.64. The molecular weight excluding hydrogens is 419 g/mol. The zero-order valence-corrected chi connectivity index (χ0v) is 19.6. The second kappa shape index (κ2) is 11.4. The van der Waals surface area contributed by atoms with Gasteiger partial charge in [0.05, 0.1) is 6.42 Å². The molecule has 0 heterocycles. The number of carbonyl (C=O) groups excluding carboxylic acids is 2. The number of halogens is 2. The standard InChI is InChI=1S/C24H30Cl2N2O2/c1-5-12-27-24(30)22(6-2)28(15-19-20(25)8-7-9-21(19)26)23(29)14-18-13-16(3)10-11-17(18)4/h7-11,13,22H,5-6,12,14-15H2,1-4H3,(H,27,30). The summed E-state index contributed by atoms with van der Waals surface area (Å²) in [5, 5.41) is 3.88. The molecule has 4 nitrogen and oxygen atoms in total. The molecule has 1 unspecified atom stereocenters. The van der Waals surface area contributed by atoms with Gasteiger partial charge in [0, 0.05) is 28.7 Å². The van der Waals surface area contributed by atoms with Gasteiger partial charge in [-0.2, -0.15) is 0 Å². The Morgan fingerprint density at radius 3 is 2.33 bits per heavy atom. The van der Waals surface area contributed by atoms with Gasteiger partial charge in [-0.15, -0.1) is 0 Å². The van der Waals surface area contributed by atoms with Gasteiger partial charge in [0.15, 0.2) is 0 Å². The number of amides is 2. The van der Waals surface area contributed by atoms with Crippen molar-refractivity contribution in [3.05, 3.63) is 68.7 Å². The number of hydrogen-bond acceptors (Lipinski definition) is 2. The molecule has 0 aliphatic carbocycles. The molecule has 0 aliphatic rings. The van der Waals surface area contributed by atoms with E-state index in [2.05, 4.69) is 5.32 Å². The lowest BCUT2D eigenvalue weighted by atomic mass is 10.0. The van der Waals surface area contributed by atoms with E-state index in [1.165, 1.54) is 0 Å². The average Bonchev–Trinajstić information content (AvgIpc) is 2.71. The highest BCUT2D eigenvalue weighted by molar-refractivity contribution is 6.36. The zero-order chi connectivity index (χ0) is 22.3. The fraction of sp³-hybridized carbons (Fsp3) is 0.417. The van der Waals surface area contributed by atoms with Crippen LogP contribution < -0.4 is 5.32 Å². The lowest BCUT2D eigenvalue weighted by Crippen LogP contribution is -2.49. The Morgan fingerprint density at radius 2 is 1.73 bits per heavy atom. The van der Waals surface area contributed by atoms with E-state index in [1.807, 2.05) is 45.9 Å². The molecule has 0 fully saturated rings. The molecule has 0 bridgehead atoms. The fourth-order valence-corrected chi connectivity index (χ4v) is 3.91. The van der Waals surface area contributed by atoms with Crippen molar-refractivity contribution in [2.75, 3.05) is 6.54 Å². The molecule has 30 heavy (non-hydrogen) atoms. The Hall–Kier alpha value is -2.04. The summed E-state index contributed by atoms with van der Waals surface area (Å²) in [5.41, 5.74) is 3.75. The first kappa shape index (κ1) is 24.2. The van der Waals surface area contributed by atoms with E-state index >= 15 is 0 Å². The van der Waals surface area contributed by atoms with Crippen LogP contribution in [0.4, 0.5) is 0 Å². The van der Waals surface area contributed by atoms with Gasteiger partial charge in [-0.3, -0.25) is 9.59 Å². The third-order valence-electron chi connectivity index (χ3n) is 5.17. The van der Waals surface area contributed by atoms with Gasteiger partial charge in [-0.1, -0.05) is 66.9 Å². The molecule has 0 spiro atoms. The van der Waals surface area contributed by atoms with E-state index in [1.54, 1.807) is 23.1 Å². The summed E-state index contributed by atoms with van der Waals surface area (Å²) in [5.74, 6) is -0.282. The van der Waals surface area contributed by atoms with Crippen molar-refractivity contribution in [2.24, 2.45) is 0 Å². The van der Waals surface area contributed by atoms with Crippen LogP contribution in [-0.4, -0.2) is 29.3 Å². The predicted molar refractivity (Wildman–Crippen MR) is 124 cm³/mol. The predicted octanol–water partition coefficient (Wildman–Crippen LogP) is 5.49. The van der Waals surface area contributed by atoms with E-state index in [9.17, 15) is 9.59 Å². The number of benzene rings is 2. The Labute approximate surface area is 189 Å². The highest BCUT2D eigenvalue weighted by atomic mass is 35.5. The number of aryl methyl sites for hydroxylation is 2. The van der Waals surface area contributed by atoms with Gasteiger partial charge in [0.25, 0.3) is 0 Å². The number of nitrogens with zero attached hydrogens (tertiary/aromatic N) is 1. The van der Waals surface area contributed by atoms with E-state index < -0.39 is 6.04 Å². The van der Waals surface area contributed by atoms with Crippen LogP contribution in [0.2, 0.25) is 10.0 Å². The average molecular weight is 449 g/mol. The minimum Gasteiger partial charge on any atom is -0.354 e. The molecule has 1 atom stereocenters. The SMILES string of the molecule is CCCNC(=O)C(CC)N(Cc1c(Cl)cccc1Cl)C(=O)Cc1cc(C)ccc1C. The van der Waals surface area contributed by atoms with Crippen molar-refractivity contribution in [3.63, 3.8) is 0 Å². The van der Waals surface area contributed by atoms with Gasteiger partial charge in [0.2, 0.25) is 11.8 Å². The number of hydrogen-bond donors (Lipinski definition) is 1. The Balaban J connectivity index is 2.39. The quantitative estimate of drug-likeness (QED) is 0.551. The Morgan fingerprint density at radius 1 is 1.07 bits per heavy atom. The van der Waals surface area contributed by atoms with Gasteiger partial charge in [-0.25, -0.2) is 0 Å². The van der Waals surface area contributed by atoms with Crippen LogP contribution in [0, 0.1) is 13.8 Å². The lowest BCUT2D eigenvalue weighted by molar-refractivity contribution is -0.140. The normalized spacial score (nSPS) is 11.8. The molecule has 0 saturated heterocycles. The fourth-order valence-electron chi connectivity index (χ4n) is 3.39. The third-order valence-corrected chi connectivity index (χ3v) is 5.88. The first-order valence-corrected chi connectivity index (χ1v) is 11.1. The molecule has 162 valence electrons. The van der Waals surface area contributed by atoms with Gasteiger partial charge in [-0.05, 0) is 49.9 Å². The van der Waals surface area contributed by atoms with Crippen molar-refractivity contribution in [1.82, 2.24) is 10.2 Å². The van der Waals surface area contributed by atoms with Crippen molar-refractivity contribution in [3.8, 4) is 0 Å². The summed E-state index contributed by atoms with van der Waals surface area (Å²) >= 11 is 12.7. The van der Waals surface area contributed by atoms with Crippen LogP contribution in [-0.2, 0) is 22.6 Å². The molecule has 1 N–H and O–H groups in total. The molecule has 0 saturated carbocycles. The van der Waals surface area contributed by atoms with Crippen molar-refractivity contribution < 1.29 is 9.59 Å². The number of rotatable bonds is 9. The topological polar surface area (TPSA) is 49.4 Å².